The number of nitro groups is 1. The van der Waals surface area contributed by atoms with Gasteiger partial charge in [-0.15, -0.1) is 0 Å². The number of halogens is 1. The monoisotopic (exact) mass is 320 g/mol. The summed E-state index contributed by atoms with van der Waals surface area (Å²) in [5.41, 5.74) is 0.785. The molecule has 2 aromatic rings. The highest BCUT2D eigenvalue weighted by Gasteiger charge is 2.26. The van der Waals surface area contributed by atoms with Crippen molar-refractivity contribution in [2.75, 3.05) is 20.3 Å². The highest BCUT2D eigenvalue weighted by atomic mass is 19.1. The SMILES string of the molecule is COc1c(-c2ccc(C3OCCO3)cn2)ccc(F)c1[N+](=O)[O-]. The lowest BCUT2D eigenvalue weighted by molar-refractivity contribution is -0.388. The van der Waals surface area contributed by atoms with Crippen molar-refractivity contribution in [2.24, 2.45) is 0 Å². The van der Waals surface area contributed by atoms with Gasteiger partial charge in [-0.1, -0.05) is 6.07 Å². The van der Waals surface area contributed by atoms with Crippen LogP contribution < -0.4 is 4.74 Å². The fraction of sp³-hybridized carbons (Fsp3) is 0.267. The molecule has 120 valence electrons. The number of rotatable bonds is 4. The zero-order valence-corrected chi connectivity index (χ0v) is 12.2. The van der Waals surface area contributed by atoms with Gasteiger partial charge in [0.25, 0.3) is 0 Å². The Morgan fingerprint density at radius 1 is 1.30 bits per heavy atom. The average Bonchev–Trinajstić information content (AvgIpc) is 3.08. The Morgan fingerprint density at radius 2 is 2.04 bits per heavy atom. The second-order valence-electron chi connectivity index (χ2n) is 4.78. The molecule has 1 saturated heterocycles. The van der Waals surface area contributed by atoms with Crippen molar-refractivity contribution in [3.05, 3.63) is 52.0 Å². The molecule has 3 rings (SSSR count). The summed E-state index contributed by atoms with van der Waals surface area (Å²) in [7, 11) is 1.25. The maximum Gasteiger partial charge on any atom is 0.346 e. The maximum atomic E-state index is 13.7. The third-order valence-corrected chi connectivity index (χ3v) is 3.43. The fourth-order valence-electron chi connectivity index (χ4n) is 2.38. The molecule has 23 heavy (non-hydrogen) atoms. The first-order valence-electron chi connectivity index (χ1n) is 6.82. The molecule has 2 heterocycles. The van der Waals surface area contributed by atoms with Crippen molar-refractivity contribution in [2.45, 2.75) is 6.29 Å². The lowest BCUT2D eigenvalue weighted by Crippen LogP contribution is -2.01. The Balaban J connectivity index is 2.01. The van der Waals surface area contributed by atoms with Crippen LogP contribution in [0.15, 0.2) is 30.5 Å². The molecule has 0 aliphatic carbocycles. The minimum absolute atomic E-state index is 0.163. The zero-order valence-electron chi connectivity index (χ0n) is 12.2. The smallest absolute Gasteiger partial charge is 0.346 e. The minimum Gasteiger partial charge on any atom is -0.490 e. The van der Waals surface area contributed by atoms with Gasteiger partial charge in [0.15, 0.2) is 6.29 Å². The molecule has 0 unspecified atom stereocenters. The number of nitrogens with zero attached hydrogens (tertiary/aromatic N) is 2. The van der Waals surface area contributed by atoms with Crippen molar-refractivity contribution in [3.63, 3.8) is 0 Å². The Hall–Kier alpha value is -2.58. The van der Waals surface area contributed by atoms with E-state index in [9.17, 15) is 14.5 Å². The molecule has 0 spiro atoms. The van der Waals surface area contributed by atoms with Gasteiger partial charge in [-0.05, 0) is 18.2 Å². The highest BCUT2D eigenvalue weighted by molar-refractivity contribution is 5.73. The lowest BCUT2D eigenvalue weighted by Gasteiger charge is -2.11. The first-order valence-corrected chi connectivity index (χ1v) is 6.82. The highest BCUT2D eigenvalue weighted by Crippen LogP contribution is 2.39. The third kappa shape index (κ3) is 2.86. The number of benzene rings is 1. The normalized spacial score (nSPS) is 14.9. The van der Waals surface area contributed by atoms with Crippen LogP contribution in [0, 0.1) is 15.9 Å². The molecule has 7 nitrogen and oxygen atoms in total. The van der Waals surface area contributed by atoms with E-state index in [0.29, 0.717) is 24.5 Å². The van der Waals surface area contributed by atoms with Gasteiger partial charge >= 0.3 is 5.69 Å². The van der Waals surface area contributed by atoms with Gasteiger partial charge in [0, 0.05) is 17.3 Å². The molecule has 8 heteroatoms. The lowest BCUT2D eigenvalue weighted by atomic mass is 10.1. The number of ether oxygens (including phenoxy) is 3. The Kier molecular flexibility index (Phi) is 4.18. The molecule has 0 amide bonds. The van der Waals surface area contributed by atoms with Crippen molar-refractivity contribution in [1.82, 2.24) is 4.98 Å². The van der Waals surface area contributed by atoms with Gasteiger partial charge in [-0.2, -0.15) is 4.39 Å². The second-order valence-corrected chi connectivity index (χ2v) is 4.78. The van der Waals surface area contributed by atoms with Crippen LogP contribution in [0.5, 0.6) is 5.75 Å². The van der Waals surface area contributed by atoms with Crippen LogP contribution in [0.4, 0.5) is 10.1 Å². The molecule has 1 aliphatic heterocycles. The summed E-state index contributed by atoms with van der Waals surface area (Å²) in [6.45, 7) is 1.04. The summed E-state index contributed by atoms with van der Waals surface area (Å²) < 4.78 is 29.4. The van der Waals surface area contributed by atoms with Crippen molar-refractivity contribution in [1.29, 1.82) is 0 Å². The molecule has 0 bridgehead atoms. The number of hydrogen-bond donors (Lipinski definition) is 0. The molecular formula is C15H13FN2O5. The van der Waals surface area contributed by atoms with Crippen LogP contribution in [-0.2, 0) is 9.47 Å². The van der Waals surface area contributed by atoms with Gasteiger partial charge < -0.3 is 14.2 Å². The predicted molar refractivity (Wildman–Crippen MR) is 77.5 cm³/mol. The Labute approximate surface area is 130 Å². The molecule has 0 N–H and O–H groups in total. The standard InChI is InChI=1S/C15H13FN2O5/c1-21-14-10(3-4-11(16)13(14)18(19)20)12-5-2-9(8-17-12)15-22-6-7-23-15/h2-5,8,15H,6-7H2,1H3. The molecule has 0 atom stereocenters. The van der Waals surface area contributed by atoms with Crippen LogP contribution >= 0.6 is 0 Å². The van der Waals surface area contributed by atoms with Crippen LogP contribution in [0.25, 0.3) is 11.3 Å². The third-order valence-electron chi connectivity index (χ3n) is 3.43. The summed E-state index contributed by atoms with van der Waals surface area (Å²) in [4.78, 5) is 14.5. The maximum absolute atomic E-state index is 13.7. The van der Waals surface area contributed by atoms with Gasteiger partial charge in [-0.3, -0.25) is 15.1 Å². The van der Waals surface area contributed by atoms with Crippen molar-refractivity contribution < 1.29 is 23.5 Å². The van der Waals surface area contributed by atoms with E-state index in [1.54, 1.807) is 18.3 Å². The molecule has 0 radical (unpaired) electrons. The van der Waals surface area contributed by atoms with E-state index < -0.39 is 22.7 Å². The van der Waals surface area contributed by atoms with E-state index in [1.165, 1.54) is 13.2 Å². The van der Waals surface area contributed by atoms with E-state index in [0.717, 1.165) is 11.6 Å². The van der Waals surface area contributed by atoms with Gasteiger partial charge in [0.2, 0.25) is 11.6 Å². The summed E-state index contributed by atoms with van der Waals surface area (Å²) >= 11 is 0. The van der Waals surface area contributed by atoms with E-state index in [-0.39, 0.29) is 5.75 Å². The molecule has 1 fully saturated rings. The molecule has 0 saturated carbocycles. The van der Waals surface area contributed by atoms with E-state index in [4.69, 9.17) is 14.2 Å². The van der Waals surface area contributed by atoms with Crippen LogP contribution in [0.3, 0.4) is 0 Å². The average molecular weight is 320 g/mol. The van der Waals surface area contributed by atoms with Crippen LogP contribution in [0.2, 0.25) is 0 Å². The number of methoxy groups -OCH3 is 1. The second kappa shape index (κ2) is 6.27. The van der Waals surface area contributed by atoms with Crippen LogP contribution in [0.1, 0.15) is 11.9 Å². The first-order chi connectivity index (χ1) is 11.1. The van der Waals surface area contributed by atoms with Gasteiger partial charge in [-0.25, -0.2) is 0 Å². The molecule has 1 aromatic carbocycles. The minimum atomic E-state index is -0.958. The largest absolute Gasteiger partial charge is 0.490 e. The zero-order chi connectivity index (χ0) is 16.4. The number of pyridine rings is 1. The number of nitro benzene ring substituents is 1. The number of aromatic nitrogens is 1. The van der Waals surface area contributed by atoms with E-state index in [1.807, 2.05) is 0 Å². The first kappa shape index (κ1) is 15.3. The van der Waals surface area contributed by atoms with E-state index in [2.05, 4.69) is 4.98 Å². The quantitative estimate of drug-likeness (QED) is 0.636. The van der Waals surface area contributed by atoms with E-state index >= 15 is 0 Å². The van der Waals surface area contributed by atoms with Crippen molar-refractivity contribution in [3.8, 4) is 17.0 Å². The Morgan fingerprint density at radius 3 is 2.61 bits per heavy atom. The topological polar surface area (TPSA) is 83.7 Å². The fourth-order valence-corrected chi connectivity index (χ4v) is 2.38. The van der Waals surface area contributed by atoms with Gasteiger partial charge in [0.1, 0.15) is 0 Å². The summed E-state index contributed by atoms with van der Waals surface area (Å²) in [6.07, 6.45) is 1.10. The summed E-state index contributed by atoms with van der Waals surface area (Å²) in [6, 6.07) is 5.81. The molecule has 1 aliphatic rings. The predicted octanol–water partition coefficient (Wildman–Crippen LogP) is 2.85. The van der Waals surface area contributed by atoms with Crippen molar-refractivity contribution >= 4 is 5.69 Å². The number of hydrogen-bond acceptors (Lipinski definition) is 6. The Bertz CT molecular complexity index is 729. The summed E-state index contributed by atoms with van der Waals surface area (Å²) in [5, 5.41) is 11.0. The molecular weight excluding hydrogens is 307 g/mol. The van der Waals surface area contributed by atoms with Gasteiger partial charge in [0.05, 0.1) is 30.9 Å². The molecule has 1 aromatic heterocycles. The summed E-state index contributed by atoms with van der Waals surface area (Å²) in [5.74, 6) is -1.12. The van der Waals surface area contributed by atoms with Crippen LogP contribution in [-0.4, -0.2) is 30.2 Å².